The Labute approximate surface area is 358 Å². The summed E-state index contributed by atoms with van der Waals surface area (Å²) in [6.45, 7) is 5.49. The zero-order valence-electron chi connectivity index (χ0n) is 38.3. The second kappa shape index (κ2) is 41.9. The molecule has 0 spiro atoms. The molecule has 1 N–H and O–H groups in total. The van der Waals surface area contributed by atoms with Crippen LogP contribution in [0, 0.1) is 0 Å². The van der Waals surface area contributed by atoms with Gasteiger partial charge in [-0.25, -0.2) is 4.57 Å². The first kappa shape index (κ1) is 56.2. The molecule has 0 bridgehead atoms. The van der Waals surface area contributed by atoms with Crippen molar-refractivity contribution in [1.82, 2.24) is 0 Å². The number of likely N-dealkylation sites (N-methyl/N-ethyl adjacent to an activating group) is 1. The van der Waals surface area contributed by atoms with Gasteiger partial charge in [-0.15, -0.1) is 0 Å². The van der Waals surface area contributed by atoms with Gasteiger partial charge in [0.05, 0.1) is 34.4 Å². The highest BCUT2D eigenvalue weighted by molar-refractivity contribution is 7.47. The molecule has 0 aromatic heterocycles. The van der Waals surface area contributed by atoms with Gasteiger partial charge in [0.2, 0.25) is 0 Å². The molecule has 58 heavy (non-hydrogen) atoms. The summed E-state index contributed by atoms with van der Waals surface area (Å²) < 4.78 is 35.0. The van der Waals surface area contributed by atoms with Crippen molar-refractivity contribution in [2.24, 2.45) is 0 Å². The van der Waals surface area contributed by atoms with Crippen molar-refractivity contribution in [3.05, 3.63) is 60.8 Å². The van der Waals surface area contributed by atoms with Crippen LogP contribution < -0.4 is 0 Å². The fourth-order valence-corrected chi connectivity index (χ4v) is 6.97. The number of esters is 1. The van der Waals surface area contributed by atoms with Crippen molar-refractivity contribution in [2.75, 3.05) is 54.1 Å². The fraction of sp³-hybridized carbons (Fsp3) is 0.776. The molecule has 0 aliphatic heterocycles. The maximum absolute atomic E-state index is 12.6. The molecule has 0 heterocycles. The molecule has 338 valence electrons. The van der Waals surface area contributed by atoms with Crippen LogP contribution in [-0.4, -0.2) is 75.6 Å². The van der Waals surface area contributed by atoms with Gasteiger partial charge in [-0.2, -0.15) is 0 Å². The zero-order chi connectivity index (χ0) is 42.7. The lowest BCUT2D eigenvalue weighted by molar-refractivity contribution is -0.870. The summed E-state index contributed by atoms with van der Waals surface area (Å²) >= 11 is 0. The monoisotopic (exact) mass is 837 g/mol. The number of carbonyl (C=O) groups excluding carboxylic acids is 1. The lowest BCUT2D eigenvalue weighted by Crippen LogP contribution is -2.37. The third-order valence-corrected chi connectivity index (χ3v) is 10.8. The smallest absolute Gasteiger partial charge is 0.457 e. The molecule has 0 aromatic carbocycles. The summed E-state index contributed by atoms with van der Waals surface area (Å²) in [5, 5.41) is 0. The van der Waals surface area contributed by atoms with E-state index in [0.717, 1.165) is 64.2 Å². The molecule has 9 heteroatoms. The minimum absolute atomic E-state index is 0.0867. The van der Waals surface area contributed by atoms with Gasteiger partial charge in [0, 0.05) is 13.0 Å². The van der Waals surface area contributed by atoms with Crippen LogP contribution in [0.1, 0.15) is 187 Å². The van der Waals surface area contributed by atoms with E-state index in [1.54, 1.807) is 0 Å². The van der Waals surface area contributed by atoms with E-state index in [2.05, 4.69) is 74.6 Å². The van der Waals surface area contributed by atoms with Gasteiger partial charge in [-0.1, -0.05) is 184 Å². The number of hydrogen-bond acceptors (Lipinski definition) is 6. The maximum atomic E-state index is 12.6. The Morgan fingerprint density at radius 2 is 1.00 bits per heavy atom. The van der Waals surface area contributed by atoms with Crippen molar-refractivity contribution < 1.29 is 37.3 Å². The summed E-state index contributed by atoms with van der Waals surface area (Å²) in [5.41, 5.74) is 0. The van der Waals surface area contributed by atoms with E-state index in [0.29, 0.717) is 24.1 Å². The quantitative estimate of drug-likeness (QED) is 0.0215. The molecule has 0 aromatic rings. The maximum Gasteiger partial charge on any atom is 0.472 e. The van der Waals surface area contributed by atoms with Crippen LogP contribution >= 0.6 is 7.82 Å². The number of allylic oxidation sites excluding steroid dienone is 10. The van der Waals surface area contributed by atoms with E-state index in [9.17, 15) is 14.3 Å². The van der Waals surface area contributed by atoms with Crippen LogP contribution in [0.2, 0.25) is 0 Å². The number of quaternary nitrogens is 1. The van der Waals surface area contributed by atoms with E-state index in [-0.39, 0.29) is 25.8 Å². The highest BCUT2D eigenvalue weighted by atomic mass is 31.2. The summed E-state index contributed by atoms with van der Waals surface area (Å²) in [4.78, 5) is 22.8. The summed E-state index contributed by atoms with van der Waals surface area (Å²) in [6, 6.07) is 0. The third-order valence-electron chi connectivity index (χ3n) is 9.84. The van der Waals surface area contributed by atoms with Crippen molar-refractivity contribution in [1.29, 1.82) is 0 Å². The average molecular weight is 837 g/mol. The lowest BCUT2D eigenvalue weighted by Gasteiger charge is -2.24. The Morgan fingerprint density at radius 3 is 1.50 bits per heavy atom. The first-order valence-electron chi connectivity index (χ1n) is 23.5. The molecule has 0 radical (unpaired) electrons. The predicted octanol–water partition coefficient (Wildman–Crippen LogP) is 14.1. The fourth-order valence-electron chi connectivity index (χ4n) is 6.23. The predicted molar refractivity (Wildman–Crippen MR) is 247 cm³/mol. The number of hydrogen-bond donors (Lipinski definition) is 1. The molecule has 0 aliphatic rings. The summed E-state index contributed by atoms with van der Waals surface area (Å²) in [7, 11) is 1.66. The van der Waals surface area contributed by atoms with Crippen LogP contribution in [0.4, 0.5) is 0 Å². The molecule has 8 nitrogen and oxygen atoms in total. The van der Waals surface area contributed by atoms with Gasteiger partial charge >= 0.3 is 13.8 Å². The molecule has 0 fully saturated rings. The number of rotatable bonds is 43. The first-order valence-corrected chi connectivity index (χ1v) is 25.0. The zero-order valence-corrected chi connectivity index (χ0v) is 39.2. The highest BCUT2D eigenvalue weighted by Gasteiger charge is 2.26. The molecule has 0 rings (SSSR count). The normalized spacial score (nSPS) is 14.2. The minimum Gasteiger partial charge on any atom is -0.457 e. The molecule has 0 aliphatic carbocycles. The van der Waals surface area contributed by atoms with E-state index >= 15 is 0 Å². The van der Waals surface area contributed by atoms with Gasteiger partial charge in [0.25, 0.3) is 0 Å². The Balaban J connectivity index is 4.07. The number of ether oxygens (including phenoxy) is 2. The molecule has 0 amide bonds. The number of carbonyl (C=O) groups is 1. The minimum atomic E-state index is -4.27. The van der Waals surface area contributed by atoms with Gasteiger partial charge < -0.3 is 18.9 Å². The van der Waals surface area contributed by atoms with Crippen LogP contribution in [0.3, 0.4) is 0 Å². The van der Waals surface area contributed by atoms with Crippen LogP contribution in [0.5, 0.6) is 0 Å². The number of unbranched alkanes of at least 4 members (excludes halogenated alkanes) is 19. The molecular weight excluding hydrogens is 746 g/mol. The Kier molecular flexibility index (Phi) is 40.6. The highest BCUT2D eigenvalue weighted by Crippen LogP contribution is 2.43. The Morgan fingerprint density at radius 1 is 0.552 bits per heavy atom. The Hall–Kier alpha value is -1.80. The van der Waals surface area contributed by atoms with E-state index in [4.69, 9.17) is 18.5 Å². The largest absolute Gasteiger partial charge is 0.472 e. The standard InChI is InChI=1S/C49H90NO7P/c1-6-8-10-12-14-16-18-19-20-21-22-23-24-25-26-27-28-29-30-31-32-33-35-37-39-41-44-54-46-48(47-56-58(52,53)55-45-43-50(3,4)5)57-49(51)42-40-38-36-34-17-15-13-11-9-7-2/h8,10,14,16,19-20,22-23,25-26,48H,6-7,9,11-13,15,17-18,21,24,27-47H2,1-5H3/p+1/b10-8-,16-14-,20-19-,23-22-,26-25-. The van der Waals surface area contributed by atoms with Crippen molar-refractivity contribution in [2.45, 2.75) is 193 Å². The first-order chi connectivity index (χ1) is 28.1. The topological polar surface area (TPSA) is 91.3 Å². The van der Waals surface area contributed by atoms with Gasteiger partial charge in [-0.3, -0.25) is 13.8 Å². The average Bonchev–Trinajstić information content (AvgIpc) is 3.18. The number of phosphoric acid groups is 1. The molecule has 0 saturated carbocycles. The van der Waals surface area contributed by atoms with E-state index in [1.807, 2.05) is 21.1 Å². The SMILES string of the molecule is CC/C=C\C/C=C\C/C=C\C/C=C\C/C=C\CCCCCCCCCCCCOCC(COP(=O)(O)OCC[N+](C)(C)C)OC(=O)CCCCCCCCCCCC. The second-order valence-corrected chi connectivity index (χ2v) is 18.2. The second-order valence-electron chi connectivity index (χ2n) is 16.8. The summed E-state index contributed by atoms with van der Waals surface area (Å²) in [5.74, 6) is -0.319. The van der Waals surface area contributed by atoms with E-state index < -0.39 is 13.9 Å². The van der Waals surface area contributed by atoms with Crippen LogP contribution in [0.15, 0.2) is 60.8 Å². The number of phosphoric ester groups is 1. The van der Waals surface area contributed by atoms with Crippen LogP contribution in [-0.2, 0) is 27.9 Å². The van der Waals surface area contributed by atoms with Crippen molar-refractivity contribution in [3.63, 3.8) is 0 Å². The Bertz CT molecular complexity index is 1110. The number of nitrogens with zero attached hydrogens (tertiary/aromatic N) is 1. The van der Waals surface area contributed by atoms with Gasteiger partial charge in [-0.05, 0) is 57.8 Å². The van der Waals surface area contributed by atoms with Crippen LogP contribution in [0.25, 0.3) is 0 Å². The van der Waals surface area contributed by atoms with Gasteiger partial charge in [0.15, 0.2) is 0 Å². The molecule has 2 atom stereocenters. The van der Waals surface area contributed by atoms with E-state index in [1.165, 1.54) is 103 Å². The van der Waals surface area contributed by atoms with Gasteiger partial charge in [0.1, 0.15) is 19.3 Å². The summed E-state index contributed by atoms with van der Waals surface area (Å²) in [6.07, 6.45) is 52.7. The molecule has 0 saturated heterocycles. The lowest BCUT2D eigenvalue weighted by atomic mass is 10.1. The van der Waals surface area contributed by atoms with Crippen molar-refractivity contribution in [3.8, 4) is 0 Å². The molecule has 2 unspecified atom stereocenters. The molecular formula is C49H91NO7P+. The third kappa shape index (κ3) is 45.3. The van der Waals surface area contributed by atoms with Crippen molar-refractivity contribution >= 4 is 13.8 Å².